The Morgan fingerprint density at radius 1 is 1.07 bits per heavy atom. The number of carbonyl (C=O) groups is 1. The minimum absolute atomic E-state index is 0.100. The van der Waals surface area contributed by atoms with Gasteiger partial charge in [-0.15, -0.1) is 0 Å². The van der Waals surface area contributed by atoms with Crippen LogP contribution >= 0.6 is 0 Å². The maximum absolute atomic E-state index is 12.5. The van der Waals surface area contributed by atoms with Crippen molar-refractivity contribution in [2.24, 2.45) is 0 Å². The summed E-state index contributed by atoms with van der Waals surface area (Å²) in [5.41, 5.74) is 2.04. The van der Waals surface area contributed by atoms with E-state index in [2.05, 4.69) is 17.4 Å². The summed E-state index contributed by atoms with van der Waals surface area (Å²) < 4.78 is 16.5. The fraction of sp³-hybridized carbons (Fsp3) is 0.400. The molecular weight excluding hydrogens is 378 g/mol. The Bertz CT molecular complexity index is 834. The quantitative estimate of drug-likeness (QED) is 0.658. The molecule has 30 heavy (non-hydrogen) atoms. The molecule has 1 aliphatic rings. The molecule has 5 nitrogen and oxygen atoms in total. The van der Waals surface area contributed by atoms with Gasteiger partial charge in [0.15, 0.2) is 0 Å². The summed E-state index contributed by atoms with van der Waals surface area (Å²) >= 11 is 0. The third kappa shape index (κ3) is 5.86. The van der Waals surface area contributed by atoms with E-state index in [0.29, 0.717) is 19.8 Å². The fourth-order valence-corrected chi connectivity index (χ4v) is 3.69. The standard InChI is InChI=1S/C25H31NO4/c1-19(2)30-23-9-4-20(5-10-23)6-13-24(27)26-18-25(14-16-29-17-15-25)21-7-11-22(28-3)12-8-21/h4-13,19H,14-18H2,1-3H3,(H,26,27). The van der Waals surface area contributed by atoms with E-state index >= 15 is 0 Å². The first-order valence-electron chi connectivity index (χ1n) is 10.5. The molecule has 1 aliphatic heterocycles. The monoisotopic (exact) mass is 409 g/mol. The van der Waals surface area contributed by atoms with Gasteiger partial charge in [0.05, 0.1) is 13.2 Å². The van der Waals surface area contributed by atoms with Crippen LogP contribution in [0.3, 0.4) is 0 Å². The molecule has 0 atom stereocenters. The van der Waals surface area contributed by atoms with Crippen molar-refractivity contribution in [1.82, 2.24) is 5.32 Å². The highest BCUT2D eigenvalue weighted by Gasteiger charge is 2.34. The first kappa shape index (κ1) is 21.9. The number of amides is 1. The van der Waals surface area contributed by atoms with Crippen molar-refractivity contribution in [3.63, 3.8) is 0 Å². The second-order valence-electron chi connectivity index (χ2n) is 7.91. The Kier molecular flexibility index (Phi) is 7.52. The molecule has 1 amide bonds. The highest BCUT2D eigenvalue weighted by atomic mass is 16.5. The van der Waals surface area contributed by atoms with Gasteiger partial charge in [-0.2, -0.15) is 0 Å². The second-order valence-corrected chi connectivity index (χ2v) is 7.91. The number of rotatable bonds is 8. The van der Waals surface area contributed by atoms with Gasteiger partial charge >= 0.3 is 0 Å². The lowest BCUT2D eigenvalue weighted by atomic mass is 9.74. The number of carbonyl (C=O) groups excluding carboxylic acids is 1. The molecule has 1 N–H and O–H groups in total. The van der Waals surface area contributed by atoms with Crippen LogP contribution in [0.4, 0.5) is 0 Å². The van der Waals surface area contributed by atoms with E-state index in [0.717, 1.165) is 29.9 Å². The number of hydrogen-bond donors (Lipinski definition) is 1. The van der Waals surface area contributed by atoms with Crippen molar-refractivity contribution in [3.05, 3.63) is 65.7 Å². The molecule has 0 aromatic heterocycles. The molecule has 0 aliphatic carbocycles. The zero-order valence-electron chi connectivity index (χ0n) is 18.0. The lowest BCUT2D eigenvalue weighted by Crippen LogP contribution is -2.44. The number of benzene rings is 2. The minimum atomic E-state index is -0.121. The summed E-state index contributed by atoms with van der Waals surface area (Å²) in [5.74, 6) is 1.56. The van der Waals surface area contributed by atoms with Crippen molar-refractivity contribution in [3.8, 4) is 11.5 Å². The van der Waals surface area contributed by atoms with Gasteiger partial charge in [-0.1, -0.05) is 24.3 Å². The second kappa shape index (κ2) is 10.3. The number of ether oxygens (including phenoxy) is 3. The van der Waals surface area contributed by atoms with Gasteiger partial charge < -0.3 is 19.5 Å². The Labute approximate surface area is 179 Å². The summed E-state index contributed by atoms with van der Waals surface area (Å²) in [5, 5.41) is 3.09. The van der Waals surface area contributed by atoms with Crippen LogP contribution in [-0.4, -0.2) is 38.9 Å². The van der Waals surface area contributed by atoms with Crippen LogP contribution in [0.2, 0.25) is 0 Å². The molecular formula is C25H31NO4. The predicted molar refractivity (Wildman–Crippen MR) is 119 cm³/mol. The highest BCUT2D eigenvalue weighted by molar-refractivity contribution is 5.91. The zero-order valence-corrected chi connectivity index (χ0v) is 18.0. The molecule has 0 radical (unpaired) electrons. The first-order valence-corrected chi connectivity index (χ1v) is 10.5. The Hall–Kier alpha value is -2.79. The van der Waals surface area contributed by atoms with E-state index < -0.39 is 0 Å². The molecule has 0 bridgehead atoms. The third-order valence-corrected chi connectivity index (χ3v) is 5.43. The van der Waals surface area contributed by atoms with Gasteiger partial charge in [0.1, 0.15) is 11.5 Å². The molecule has 1 heterocycles. The third-order valence-electron chi connectivity index (χ3n) is 5.43. The van der Waals surface area contributed by atoms with Crippen LogP contribution in [0.15, 0.2) is 54.6 Å². The van der Waals surface area contributed by atoms with Gasteiger partial charge in [0.25, 0.3) is 0 Å². The van der Waals surface area contributed by atoms with Crippen molar-refractivity contribution in [2.45, 2.75) is 38.2 Å². The average molecular weight is 410 g/mol. The number of hydrogen-bond acceptors (Lipinski definition) is 4. The molecule has 1 fully saturated rings. The van der Waals surface area contributed by atoms with Gasteiger partial charge in [-0.05, 0) is 68.2 Å². The van der Waals surface area contributed by atoms with E-state index in [9.17, 15) is 4.79 Å². The van der Waals surface area contributed by atoms with Gasteiger partial charge in [-0.25, -0.2) is 0 Å². The lowest BCUT2D eigenvalue weighted by Gasteiger charge is -2.38. The van der Waals surface area contributed by atoms with Crippen LogP contribution in [-0.2, 0) is 14.9 Å². The summed E-state index contributed by atoms with van der Waals surface area (Å²) in [4.78, 5) is 12.5. The molecule has 3 rings (SSSR count). The molecule has 1 saturated heterocycles. The van der Waals surface area contributed by atoms with Crippen LogP contribution in [0.1, 0.15) is 37.8 Å². The summed E-state index contributed by atoms with van der Waals surface area (Å²) in [6, 6.07) is 15.8. The van der Waals surface area contributed by atoms with Crippen molar-refractivity contribution < 1.29 is 19.0 Å². The highest BCUT2D eigenvalue weighted by Crippen LogP contribution is 2.35. The smallest absolute Gasteiger partial charge is 0.244 e. The van der Waals surface area contributed by atoms with E-state index in [-0.39, 0.29) is 17.4 Å². The van der Waals surface area contributed by atoms with Crippen LogP contribution < -0.4 is 14.8 Å². The normalized spacial score (nSPS) is 15.9. The lowest BCUT2D eigenvalue weighted by molar-refractivity contribution is -0.116. The minimum Gasteiger partial charge on any atom is -0.497 e. The Morgan fingerprint density at radius 3 is 2.30 bits per heavy atom. The zero-order chi connectivity index (χ0) is 21.4. The molecule has 2 aromatic rings. The fourth-order valence-electron chi connectivity index (χ4n) is 3.69. The van der Waals surface area contributed by atoms with Gasteiger partial charge in [0.2, 0.25) is 5.91 Å². The Balaban J connectivity index is 1.62. The van der Waals surface area contributed by atoms with E-state index in [4.69, 9.17) is 14.2 Å². The average Bonchev–Trinajstić information content (AvgIpc) is 2.77. The molecule has 0 unspecified atom stereocenters. The van der Waals surface area contributed by atoms with Crippen LogP contribution in [0, 0.1) is 0 Å². The molecule has 160 valence electrons. The van der Waals surface area contributed by atoms with Crippen molar-refractivity contribution in [2.75, 3.05) is 26.9 Å². The molecule has 2 aromatic carbocycles. The Morgan fingerprint density at radius 2 is 1.70 bits per heavy atom. The number of methoxy groups -OCH3 is 1. The predicted octanol–water partition coefficient (Wildman–Crippen LogP) is 4.36. The van der Waals surface area contributed by atoms with E-state index in [1.54, 1.807) is 13.2 Å². The summed E-state index contributed by atoms with van der Waals surface area (Å²) in [6.07, 6.45) is 5.29. The van der Waals surface area contributed by atoms with Crippen molar-refractivity contribution in [1.29, 1.82) is 0 Å². The SMILES string of the molecule is COc1ccc(C2(CNC(=O)C=Cc3ccc(OC(C)C)cc3)CCOCC2)cc1. The van der Waals surface area contributed by atoms with Gasteiger partial charge in [-0.3, -0.25) is 4.79 Å². The van der Waals surface area contributed by atoms with Crippen LogP contribution in [0.5, 0.6) is 11.5 Å². The largest absolute Gasteiger partial charge is 0.497 e. The van der Waals surface area contributed by atoms with E-state index in [1.165, 1.54) is 5.56 Å². The number of nitrogens with one attached hydrogen (secondary N) is 1. The molecule has 5 heteroatoms. The molecule has 0 saturated carbocycles. The maximum atomic E-state index is 12.5. The van der Waals surface area contributed by atoms with Crippen molar-refractivity contribution >= 4 is 12.0 Å². The van der Waals surface area contributed by atoms with E-state index in [1.807, 2.05) is 56.3 Å². The summed E-state index contributed by atoms with van der Waals surface area (Å²) in [6.45, 7) is 5.96. The van der Waals surface area contributed by atoms with Gasteiger partial charge in [0, 0.05) is 31.2 Å². The first-order chi connectivity index (χ1) is 14.5. The van der Waals surface area contributed by atoms with Crippen LogP contribution in [0.25, 0.3) is 6.08 Å². The summed E-state index contributed by atoms with van der Waals surface area (Å²) in [7, 11) is 1.66. The molecule has 0 spiro atoms. The maximum Gasteiger partial charge on any atom is 0.244 e. The topological polar surface area (TPSA) is 56.8 Å².